The molecule has 0 bridgehead atoms. The number of para-hydroxylation sites is 1. The van der Waals surface area contributed by atoms with Crippen molar-refractivity contribution in [1.29, 1.82) is 0 Å². The lowest BCUT2D eigenvalue weighted by atomic mass is 10.2. The number of aromatic nitrogens is 3. The van der Waals surface area contributed by atoms with E-state index in [9.17, 15) is 9.18 Å². The molecule has 144 valence electrons. The maximum Gasteiger partial charge on any atom is 0.272 e. The second-order valence-electron chi connectivity index (χ2n) is 6.77. The number of hydrogen-bond donors (Lipinski definition) is 1. The van der Waals surface area contributed by atoms with Gasteiger partial charge in [-0.15, -0.1) is 0 Å². The minimum Gasteiger partial charge on any atom is -0.352 e. The van der Waals surface area contributed by atoms with Crippen LogP contribution < -0.4 is 10.2 Å². The summed E-state index contributed by atoms with van der Waals surface area (Å²) in [5, 5.41) is 7.96. The number of carbonyl (C=O) groups is 1. The monoisotopic (exact) mass is 399 g/mol. The maximum atomic E-state index is 13.9. The molecule has 3 aromatic rings. The summed E-state index contributed by atoms with van der Waals surface area (Å²) in [5.74, 6) is -0.293. The van der Waals surface area contributed by atoms with Gasteiger partial charge in [-0.05, 0) is 37.6 Å². The van der Waals surface area contributed by atoms with E-state index >= 15 is 0 Å². The Morgan fingerprint density at radius 2 is 2.11 bits per heavy atom. The smallest absolute Gasteiger partial charge is 0.272 e. The van der Waals surface area contributed by atoms with Crippen molar-refractivity contribution in [2.45, 2.75) is 19.4 Å². The van der Waals surface area contributed by atoms with E-state index in [4.69, 9.17) is 11.6 Å². The molecule has 4 rings (SSSR count). The van der Waals surface area contributed by atoms with Gasteiger partial charge in [-0.2, -0.15) is 5.10 Å². The van der Waals surface area contributed by atoms with Gasteiger partial charge in [-0.3, -0.25) is 4.79 Å². The summed E-state index contributed by atoms with van der Waals surface area (Å²) in [5.41, 5.74) is 1.81. The van der Waals surface area contributed by atoms with Crippen molar-refractivity contribution in [2.75, 3.05) is 18.0 Å². The summed E-state index contributed by atoms with van der Waals surface area (Å²) in [6.45, 7) is 2.97. The molecule has 1 fully saturated rings. The molecule has 0 saturated carbocycles. The maximum absolute atomic E-state index is 13.9. The summed E-state index contributed by atoms with van der Waals surface area (Å²) >= 11 is 6.22. The molecule has 2 aromatic heterocycles. The Hall–Kier alpha value is -2.93. The quantitative estimate of drug-likeness (QED) is 0.730. The predicted molar refractivity (Wildman–Crippen MR) is 106 cm³/mol. The van der Waals surface area contributed by atoms with Crippen molar-refractivity contribution in [3.63, 3.8) is 0 Å². The van der Waals surface area contributed by atoms with Gasteiger partial charge in [0.1, 0.15) is 0 Å². The molecule has 1 saturated heterocycles. The molecular formula is C20H19ClFN5O. The summed E-state index contributed by atoms with van der Waals surface area (Å²) in [7, 11) is 0. The van der Waals surface area contributed by atoms with Crippen LogP contribution in [0.15, 0.2) is 48.8 Å². The third kappa shape index (κ3) is 3.57. The average molecular weight is 400 g/mol. The van der Waals surface area contributed by atoms with Crippen LogP contribution in [0.25, 0.3) is 5.69 Å². The first-order chi connectivity index (χ1) is 13.5. The van der Waals surface area contributed by atoms with Crippen LogP contribution in [-0.4, -0.2) is 39.8 Å². The third-order valence-corrected chi connectivity index (χ3v) is 5.09. The number of carbonyl (C=O) groups excluding carboxylic acids is 1. The molecule has 6 nitrogen and oxygen atoms in total. The summed E-state index contributed by atoms with van der Waals surface area (Å²) in [4.78, 5) is 18.7. The second kappa shape index (κ2) is 7.59. The number of pyridine rings is 1. The number of anilines is 1. The van der Waals surface area contributed by atoms with Crippen LogP contribution in [0, 0.1) is 12.7 Å². The van der Waals surface area contributed by atoms with Gasteiger partial charge in [0.25, 0.3) is 5.91 Å². The zero-order valence-corrected chi connectivity index (χ0v) is 16.0. The van der Waals surface area contributed by atoms with Crippen molar-refractivity contribution in [2.24, 2.45) is 0 Å². The van der Waals surface area contributed by atoms with E-state index in [-0.39, 0.29) is 17.8 Å². The highest BCUT2D eigenvalue weighted by Crippen LogP contribution is 2.22. The first kappa shape index (κ1) is 18.4. The topological polar surface area (TPSA) is 63.1 Å². The fourth-order valence-corrected chi connectivity index (χ4v) is 3.60. The van der Waals surface area contributed by atoms with Crippen LogP contribution in [0.1, 0.15) is 22.5 Å². The Kier molecular flexibility index (Phi) is 5.00. The molecule has 1 N–H and O–H groups in total. The van der Waals surface area contributed by atoms with Crippen molar-refractivity contribution in [1.82, 2.24) is 20.1 Å². The lowest BCUT2D eigenvalue weighted by Gasteiger charge is -2.18. The van der Waals surface area contributed by atoms with E-state index in [2.05, 4.69) is 15.4 Å². The number of halogens is 2. The molecule has 0 aliphatic carbocycles. The molecule has 0 spiro atoms. The molecular weight excluding hydrogens is 381 g/mol. The van der Waals surface area contributed by atoms with Crippen molar-refractivity contribution < 1.29 is 9.18 Å². The summed E-state index contributed by atoms with van der Waals surface area (Å²) < 4.78 is 15.5. The molecule has 1 unspecified atom stereocenters. The standard InChI is InChI=1S/C20H19ClFN5O/c1-13-11-27(17-7-3-2-5-15(17)21)25-18(13)20(28)24-14-8-10-26(12-14)19-16(22)6-4-9-23-19/h2-7,9,11,14H,8,10,12H2,1H3,(H,24,28). The van der Waals surface area contributed by atoms with Crippen LogP contribution in [-0.2, 0) is 0 Å². The number of rotatable bonds is 4. The largest absolute Gasteiger partial charge is 0.352 e. The fraction of sp³-hybridized carbons (Fsp3) is 0.250. The Labute approximate surface area is 166 Å². The Bertz CT molecular complexity index is 1020. The number of hydrogen-bond acceptors (Lipinski definition) is 4. The van der Waals surface area contributed by atoms with Gasteiger partial charge in [-0.25, -0.2) is 14.1 Å². The van der Waals surface area contributed by atoms with Gasteiger partial charge in [0.2, 0.25) is 0 Å². The van der Waals surface area contributed by atoms with Gasteiger partial charge in [0, 0.05) is 37.1 Å². The molecule has 1 aliphatic heterocycles. The average Bonchev–Trinajstić information content (AvgIpc) is 3.29. The van der Waals surface area contributed by atoms with E-state index in [1.54, 1.807) is 29.2 Å². The molecule has 8 heteroatoms. The minimum absolute atomic E-state index is 0.0984. The number of nitrogens with one attached hydrogen (secondary N) is 1. The zero-order valence-electron chi connectivity index (χ0n) is 15.3. The molecule has 28 heavy (non-hydrogen) atoms. The predicted octanol–water partition coefficient (Wildman–Crippen LogP) is 3.38. The molecule has 1 amide bonds. The van der Waals surface area contributed by atoms with Gasteiger partial charge in [0.15, 0.2) is 17.3 Å². The highest BCUT2D eigenvalue weighted by molar-refractivity contribution is 6.32. The highest BCUT2D eigenvalue weighted by Gasteiger charge is 2.28. The number of benzene rings is 1. The molecule has 1 atom stereocenters. The SMILES string of the molecule is Cc1cn(-c2ccccc2Cl)nc1C(=O)NC1CCN(c2ncccc2F)C1. The van der Waals surface area contributed by atoms with Crippen LogP contribution in [0.4, 0.5) is 10.2 Å². The first-order valence-electron chi connectivity index (χ1n) is 9.00. The van der Waals surface area contributed by atoms with Gasteiger partial charge >= 0.3 is 0 Å². The van der Waals surface area contributed by atoms with Crippen LogP contribution in [0.3, 0.4) is 0 Å². The number of aryl methyl sites for hydroxylation is 1. The summed E-state index contributed by atoms with van der Waals surface area (Å²) in [6, 6.07) is 10.2. The zero-order chi connectivity index (χ0) is 19.7. The fourth-order valence-electron chi connectivity index (χ4n) is 3.38. The molecule has 0 radical (unpaired) electrons. The highest BCUT2D eigenvalue weighted by atomic mass is 35.5. The van der Waals surface area contributed by atoms with Crippen LogP contribution in [0.5, 0.6) is 0 Å². The van der Waals surface area contributed by atoms with Crippen molar-refractivity contribution in [3.8, 4) is 5.69 Å². The Balaban J connectivity index is 1.46. The van der Waals surface area contributed by atoms with Gasteiger partial charge in [-0.1, -0.05) is 23.7 Å². The Morgan fingerprint density at radius 1 is 1.29 bits per heavy atom. The van der Waals surface area contributed by atoms with Crippen LogP contribution in [0.2, 0.25) is 5.02 Å². The summed E-state index contributed by atoms with van der Waals surface area (Å²) in [6.07, 6.45) is 4.06. The second-order valence-corrected chi connectivity index (χ2v) is 7.18. The van der Waals surface area contributed by atoms with E-state index in [0.717, 1.165) is 5.56 Å². The molecule has 1 aliphatic rings. The lowest BCUT2D eigenvalue weighted by molar-refractivity contribution is 0.0934. The van der Waals surface area contributed by atoms with Crippen molar-refractivity contribution in [3.05, 3.63) is 70.9 Å². The number of amides is 1. The molecule has 3 heterocycles. The van der Waals surface area contributed by atoms with E-state index < -0.39 is 0 Å². The van der Waals surface area contributed by atoms with Gasteiger partial charge in [0.05, 0.1) is 10.7 Å². The van der Waals surface area contributed by atoms with E-state index in [0.29, 0.717) is 41.7 Å². The third-order valence-electron chi connectivity index (χ3n) is 4.77. The normalized spacial score (nSPS) is 16.4. The number of nitrogens with zero attached hydrogens (tertiary/aromatic N) is 4. The lowest BCUT2D eigenvalue weighted by Crippen LogP contribution is -2.37. The molecule has 1 aromatic carbocycles. The van der Waals surface area contributed by atoms with E-state index in [1.807, 2.05) is 30.0 Å². The van der Waals surface area contributed by atoms with Crippen molar-refractivity contribution >= 4 is 23.3 Å². The van der Waals surface area contributed by atoms with E-state index in [1.165, 1.54) is 6.07 Å². The van der Waals surface area contributed by atoms with Gasteiger partial charge < -0.3 is 10.2 Å². The minimum atomic E-state index is -0.358. The van der Waals surface area contributed by atoms with Crippen LogP contribution >= 0.6 is 11.6 Å². The Morgan fingerprint density at radius 3 is 2.89 bits per heavy atom. The first-order valence-corrected chi connectivity index (χ1v) is 9.38.